The number of carbonyl (C=O) groups excluding carboxylic acids is 1. The molecule has 0 saturated heterocycles. The van der Waals surface area contributed by atoms with Crippen molar-refractivity contribution >= 4 is 23.0 Å². The van der Waals surface area contributed by atoms with Crippen molar-refractivity contribution in [1.29, 1.82) is 5.26 Å². The number of rotatable bonds is 6. The maximum Gasteiger partial charge on any atom is 0.273 e. The van der Waals surface area contributed by atoms with E-state index in [1.54, 1.807) is 0 Å². The summed E-state index contributed by atoms with van der Waals surface area (Å²) in [7, 11) is 1.33. The molecule has 0 aliphatic carbocycles. The van der Waals surface area contributed by atoms with Crippen LogP contribution in [0.1, 0.15) is 26.3 Å². The quantitative estimate of drug-likeness (QED) is 0.325. The molecule has 0 unspecified atom stereocenters. The van der Waals surface area contributed by atoms with E-state index in [-0.39, 0.29) is 28.1 Å². The van der Waals surface area contributed by atoms with Gasteiger partial charge in [0.1, 0.15) is 17.4 Å². The minimum atomic E-state index is -0.666. The van der Waals surface area contributed by atoms with E-state index in [2.05, 4.69) is 31.4 Å². The average molecular weight is 394 g/mol. The highest BCUT2D eigenvalue weighted by molar-refractivity contribution is 6.07. The molecule has 2 rings (SSSR count). The SMILES string of the molecule is COc1cc([N+](=O)[O-])ccc1NC(=O)/C(C#N)=C\Nc1ccccc1C(C)(C)C. The van der Waals surface area contributed by atoms with E-state index in [0.29, 0.717) is 0 Å². The molecular weight excluding hydrogens is 372 g/mol. The maximum absolute atomic E-state index is 12.5. The summed E-state index contributed by atoms with van der Waals surface area (Å²) in [4.78, 5) is 22.8. The predicted molar refractivity (Wildman–Crippen MR) is 111 cm³/mol. The van der Waals surface area contributed by atoms with Crippen LogP contribution in [0.2, 0.25) is 0 Å². The molecule has 8 nitrogen and oxygen atoms in total. The summed E-state index contributed by atoms with van der Waals surface area (Å²) in [6, 6.07) is 13.3. The number of amides is 1. The summed E-state index contributed by atoms with van der Waals surface area (Å²) in [6.07, 6.45) is 1.33. The first-order valence-electron chi connectivity index (χ1n) is 8.77. The van der Waals surface area contributed by atoms with Gasteiger partial charge >= 0.3 is 0 Å². The van der Waals surface area contributed by atoms with Crippen molar-refractivity contribution < 1.29 is 14.5 Å². The van der Waals surface area contributed by atoms with Crippen LogP contribution in [0.15, 0.2) is 54.2 Å². The number of nitriles is 1. The number of carbonyl (C=O) groups is 1. The van der Waals surface area contributed by atoms with Crippen LogP contribution in [0.3, 0.4) is 0 Å². The number of benzene rings is 2. The Morgan fingerprint density at radius 1 is 1.21 bits per heavy atom. The first kappa shape index (κ1) is 21.4. The van der Waals surface area contributed by atoms with Crippen molar-refractivity contribution in [2.75, 3.05) is 17.7 Å². The molecule has 0 aromatic heterocycles. The third-order valence-electron chi connectivity index (χ3n) is 4.12. The topological polar surface area (TPSA) is 117 Å². The largest absolute Gasteiger partial charge is 0.494 e. The number of nitrogens with one attached hydrogen (secondary N) is 2. The lowest BCUT2D eigenvalue weighted by atomic mass is 9.86. The number of nitro benzene ring substituents is 1. The Labute approximate surface area is 169 Å². The molecule has 2 N–H and O–H groups in total. The van der Waals surface area contributed by atoms with Gasteiger partial charge in [0.15, 0.2) is 0 Å². The summed E-state index contributed by atoms with van der Waals surface area (Å²) >= 11 is 0. The highest BCUT2D eigenvalue weighted by Gasteiger charge is 2.18. The Morgan fingerprint density at radius 3 is 2.48 bits per heavy atom. The van der Waals surface area contributed by atoms with E-state index >= 15 is 0 Å². The Balaban J connectivity index is 2.25. The van der Waals surface area contributed by atoms with Gasteiger partial charge in [0.25, 0.3) is 11.6 Å². The number of nitrogens with zero attached hydrogens (tertiary/aromatic N) is 2. The number of hydrogen-bond donors (Lipinski definition) is 2. The van der Waals surface area contributed by atoms with Crippen molar-refractivity contribution in [3.8, 4) is 11.8 Å². The van der Waals surface area contributed by atoms with Gasteiger partial charge in [0, 0.05) is 18.0 Å². The average Bonchev–Trinajstić information content (AvgIpc) is 2.68. The first-order chi connectivity index (χ1) is 13.7. The molecule has 0 heterocycles. The molecule has 0 bridgehead atoms. The second kappa shape index (κ2) is 8.89. The first-order valence-corrected chi connectivity index (χ1v) is 8.77. The molecule has 0 atom stereocenters. The van der Waals surface area contributed by atoms with E-state index in [1.807, 2.05) is 30.3 Å². The third kappa shape index (κ3) is 5.32. The zero-order chi connectivity index (χ0) is 21.6. The van der Waals surface area contributed by atoms with Crippen LogP contribution in [-0.2, 0) is 10.2 Å². The van der Waals surface area contributed by atoms with Crippen LogP contribution in [0.25, 0.3) is 0 Å². The van der Waals surface area contributed by atoms with Gasteiger partial charge in [-0.15, -0.1) is 0 Å². The molecule has 0 aliphatic heterocycles. The van der Waals surface area contributed by atoms with Gasteiger partial charge < -0.3 is 15.4 Å². The lowest BCUT2D eigenvalue weighted by Crippen LogP contribution is -2.16. The van der Waals surface area contributed by atoms with Gasteiger partial charge in [-0.25, -0.2) is 0 Å². The van der Waals surface area contributed by atoms with E-state index in [4.69, 9.17) is 4.74 Å². The molecule has 0 saturated carbocycles. The highest BCUT2D eigenvalue weighted by atomic mass is 16.6. The van der Waals surface area contributed by atoms with Gasteiger partial charge in [-0.05, 0) is 23.1 Å². The second-order valence-electron chi connectivity index (χ2n) is 7.21. The Kier molecular flexibility index (Phi) is 6.57. The Morgan fingerprint density at radius 2 is 1.90 bits per heavy atom. The number of hydrogen-bond acceptors (Lipinski definition) is 6. The number of anilines is 2. The van der Waals surface area contributed by atoms with E-state index in [0.717, 1.165) is 11.3 Å². The van der Waals surface area contributed by atoms with Crippen molar-refractivity contribution in [1.82, 2.24) is 0 Å². The standard InChI is InChI=1S/C21H22N4O4/c1-21(2,3)16-7-5-6-8-17(16)23-13-14(12-22)20(26)24-18-10-9-15(25(27)28)11-19(18)29-4/h5-11,13,23H,1-4H3,(H,24,26)/b14-13-. The van der Waals surface area contributed by atoms with Gasteiger partial charge in [-0.2, -0.15) is 5.26 Å². The number of nitro groups is 1. The molecular formula is C21H22N4O4. The Hall–Kier alpha value is -3.86. The molecule has 0 radical (unpaired) electrons. The van der Waals surface area contributed by atoms with Crippen LogP contribution in [0, 0.1) is 21.4 Å². The molecule has 2 aromatic carbocycles. The Bertz CT molecular complexity index is 1000. The molecule has 2 aromatic rings. The highest BCUT2D eigenvalue weighted by Crippen LogP contribution is 2.30. The third-order valence-corrected chi connectivity index (χ3v) is 4.12. The van der Waals surface area contributed by atoms with Crippen LogP contribution in [0.5, 0.6) is 5.75 Å². The summed E-state index contributed by atoms with van der Waals surface area (Å²) in [5.41, 5.74) is 1.59. The zero-order valence-electron chi connectivity index (χ0n) is 16.6. The van der Waals surface area contributed by atoms with E-state index in [1.165, 1.54) is 31.5 Å². The fourth-order valence-corrected chi connectivity index (χ4v) is 2.65. The number of ether oxygens (including phenoxy) is 1. The molecule has 0 fully saturated rings. The molecule has 150 valence electrons. The summed E-state index contributed by atoms with van der Waals surface area (Å²) in [5.74, 6) is -0.545. The van der Waals surface area contributed by atoms with Crippen molar-refractivity contribution in [2.24, 2.45) is 0 Å². The minimum Gasteiger partial charge on any atom is -0.494 e. The van der Waals surface area contributed by atoms with E-state index in [9.17, 15) is 20.2 Å². The van der Waals surface area contributed by atoms with Crippen molar-refractivity contribution in [3.05, 3.63) is 69.9 Å². The molecule has 1 amide bonds. The van der Waals surface area contributed by atoms with Crippen molar-refractivity contribution in [2.45, 2.75) is 26.2 Å². The lowest BCUT2D eigenvalue weighted by Gasteiger charge is -2.22. The minimum absolute atomic E-state index is 0.121. The summed E-state index contributed by atoms with van der Waals surface area (Å²) in [5, 5.41) is 25.8. The number of para-hydroxylation sites is 1. The predicted octanol–water partition coefficient (Wildman–Crippen LogP) is 4.36. The maximum atomic E-state index is 12.5. The molecule has 0 aliphatic rings. The molecule has 8 heteroatoms. The lowest BCUT2D eigenvalue weighted by molar-refractivity contribution is -0.384. The molecule has 0 spiro atoms. The van der Waals surface area contributed by atoms with Crippen LogP contribution in [0.4, 0.5) is 17.1 Å². The summed E-state index contributed by atoms with van der Waals surface area (Å²) < 4.78 is 5.10. The van der Waals surface area contributed by atoms with Crippen molar-refractivity contribution in [3.63, 3.8) is 0 Å². The summed E-state index contributed by atoms with van der Waals surface area (Å²) in [6.45, 7) is 6.20. The number of methoxy groups -OCH3 is 1. The normalized spacial score (nSPS) is 11.3. The van der Waals surface area contributed by atoms with Gasteiger partial charge in [-0.1, -0.05) is 39.0 Å². The smallest absolute Gasteiger partial charge is 0.273 e. The van der Waals surface area contributed by atoms with Gasteiger partial charge in [0.2, 0.25) is 0 Å². The van der Waals surface area contributed by atoms with Gasteiger partial charge in [0.05, 0.1) is 23.8 Å². The monoisotopic (exact) mass is 394 g/mol. The molecule has 29 heavy (non-hydrogen) atoms. The van der Waals surface area contributed by atoms with Crippen LogP contribution >= 0.6 is 0 Å². The fourth-order valence-electron chi connectivity index (χ4n) is 2.65. The van der Waals surface area contributed by atoms with Crippen LogP contribution in [-0.4, -0.2) is 17.9 Å². The van der Waals surface area contributed by atoms with Crippen LogP contribution < -0.4 is 15.4 Å². The number of non-ortho nitro benzene ring substituents is 1. The van der Waals surface area contributed by atoms with Gasteiger partial charge in [-0.3, -0.25) is 14.9 Å². The van der Waals surface area contributed by atoms with E-state index < -0.39 is 10.8 Å². The fraction of sp³-hybridized carbons (Fsp3) is 0.238. The zero-order valence-corrected chi connectivity index (χ0v) is 16.6. The second-order valence-corrected chi connectivity index (χ2v) is 7.21.